The number of nitrogens with zero attached hydrogens (tertiary/aromatic N) is 2. The third kappa shape index (κ3) is 4.78. The van der Waals surface area contributed by atoms with E-state index in [1.165, 1.54) is 4.90 Å². The molecule has 9 heteroatoms. The Morgan fingerprint density at radius 3 is 2.27 bits per heavy atom. The number of carbonyl (C=O) groups excluding carboxylic acids is 2. The number of amides is 2. The van der Waals surface area contributed by atoms with Crippen LogP contribution in [-0.4, -0.2) is 62.6 Å². The number of rotatable bonds is 5. The quantitative estimate of drug-likeness (QED) is 0.710. The number of hydrogen-bond acceptors (Lipinski definition) is 5. The van der Waals surface area contributed by atoms with Gasteiger partial charge in [0.25, 0.3) is 0 Å². The molecule has 0 bridgehead atoms. The van der Waals surface area contributed by atoms with Crippen LogP contribution in [0.15, 0.2) is 24.3 Å². The number of sulfonamides is 1. The summed E-state index contributed by atoms with van der Waals surface area (Å²) in [6.45, 7) is 1.25. The fourth-order valence-corrected chi connectivity index (χ4v) is 5.13. The predicted molar refractivity (Wildman–Crippen MR) is 115 cm³/mol. The smallest absolute Gasteiger partial charge is 0.247 e. The zero-order valence-electron chi connectivity index (χ0n) is 17.9. The van der Waals surface area contributed by atoms with Crippen molar-refractivity contribution in [2.45, 2.75) is 57.0 Å². The van der Waals surface area contributed by atoms with E-state index in [1.807, 2.05) is 0 Å². The van der Waals surface area contributed by atoms with Crippen LogP contribution in [0.1, 0.15) is 45.4 Å². The molecular formula is C21H31N3O5S. The Balaban J connectivity index is 1.95. The molecule has 1 heterocycles. The first-order valence-corrected chi connectivity index (χ1v) is 12.2. The Labute approximate surface area is 178 Å². The van der Waals surface area contributed by atoms with Gasteiger partial charge in [-0.2, -0.15) is 4.31 Å². The van der Waals surface area contributed by atoms with E-state index in [0.717, 1.165) is 49.1 Å². The van der Waals surface area contributed by atoms with Crippen molar-refractivity contribution in [1.82, 2.24) is 9.62 Å². The van der Waals surface area contributed by atoms with E-state index in [4.69, 9.17) is 4.74 Å². The normalized spacial score (nSPS) is 24.4. The lowest BCUT2D eigenvalue weighted by molar-refractivity contribution is -0.133. The van der Waals surface area contributed by atoms with Gasteiger partial charge in [-0.3, -0.25) is 14.5 Å². The van der Waals surface area contributed by atoms with Crippen molar-refractivity contribution in [3.05, 3.63) is 24.3 Å². The number of hydrogen-bond donors (Lipinski definition) is 1. The molecule has 30 heavy (non-hydrogen) atoms. The van der Waals surface area contributed by atoms with Gasteiger partial charge >= 0.3 is 0 Å². The van der Waals surface area contributed by atoms with Crippen LogP contribution in [0.25, 0.3) is 0 Å². The average Bonchev–Trinajstić information content (AvgIpc) is 2.96. The maximum Gasteiger partial charge on any atom is 0.247 e. The summed E-state index contributed by atoms with van der Waals surface area (Å²) < 4.78 is 30.7. The monoisotopic (exact) mass is 437 g/mol. The Bertz CT molecular complexity index is 878. The molecule has 0 unspecified atom stereocenters. The largest absolute Gasteiger partial charge is 0.497 e. The molecule has 1 saturated heterocycles. The highest BCUT2D eigenvalue weighted by atomic mass is 32.2. The number of carbonyl (C=O) groups is 2. The van der Waals surface area contributed by atoms with Gasteiger partial charge in [-0.15, -0.1) is 0 Å². The molecule has 1 aliphatic carbocycles. The molecule has 2 fully saturated rings. The second kappa shape index (κ2) is 8.93. The summed E-state index contributed by atoms with van der Waals surface area (Å²) in [4.78, 5) is 28.0. The summed E-state index contributed by atoms with van der Waals surface area (Å²) >= 11 is 0. The van der Waals surface area contributed by atoms with E-state index in [0.29, 0.717) is 11.4 Å². The van der Waals surface area contributed by atoms with Gasteiger partial charge in [-0.25, -0.2) is 8.42 Å². The van der Waals surface area contributed by atoms with Crippen molar-refractivity contribution >= 4 is 27.5 Å². The molecule has 0 radical (unpaired) electrons. The molecule has 1 atom stereocenters. The SMILES string of the molecule is COc1ccc(N2C(=O)CN(S(C)(=O)=O)C[C@@]2(C)C(=O)NC2CCCCCC2)cc1. The summed E-state index contributed by atoms with van der Waals surface area (Å²) in [5.41, 5.74) is -0.827. The minimum Gasteiger partial charge on any atom is -0.497 e. The van der Waals surface area contributed by atoms with Gasteiger partial charge < -0.3 is 10.1 Å². The molecule has 3 rings (SSSR count). The van der Waals surface area contributed by atoms with E-state index < -0.39 is 21.5 Å². The number of benzene rings is 1. The van der Waals surface area contributed by atoms with Crippen LogP contribution in [0, 0.1) is 0 Å². The van der Waals surface area contributed by atoms with E-state index >= 15 is 0 Å². The Kier molecular flexibility index (Phi) is 6.71. The van der Waals surface area contributed by atoms with Gasteiger partial charge in [0.05, 0.1) is 19.9 Å². The van der Waals surface area contributed by atoms with Crippen LogP contribution in [0.4, 0.5) is 5.69 Å². The molecule has 8 nitrogen and oxygen atoms in total. The Morgan fingerprint density at radius 1 is 1.13 bits per heavy atom. The number of ether oxygens (including phenoxy) is 1. The average molecular weight is 438 g/mol. The highest BCUT2D eigenvalue weighted by molar-refractivity contribution is 7.88. The summed E-state index contributed by atoms with van der Waals surface area (Å²) in [7, 11) is -2.08. The van der Waals surface area contributed by atoms with E-state index in [1.54, 1.807) is 38.3 Å². The van der Waals surface area contributed by atoms with E-state index in [2.05, 4.69) is 5.32 Å². The maximum atomic E-state index is 13.5. The first-order chi connectivity index (χ1) is 14.1. The Hall–Kier alpha value is -2.13. The molecule has 1 aliphatic heterocycles. The van der Waals surface area contributed by atoms with Crippen LogP contribution >= 0.6 is 0 Å². The molecular weight excluding hydrogens is 406 g/mol. The van der Waals surface area contributed by atoms with Crippen LogP contribution in [0.3, 0.4) is 0 Å². The molecule has 2 aliphatic rings. The summed E-state index contributed by atoms with van der Waals surface area (Å²) in [5, 5.41) is 3.10. The van der Waals surface area contributed by atoms with Crippen LogP contribution in [-0.2, 0) is 19.6 Å². The molecule has 0 aromatic heterocycles. The third-order valence-electron chi connectivity index (χ3n) is 6.02. The standard InChI is InChI=1S/C21H31N3O5S/c1-21(20(26)22-16-8-6-4-5-7-9-16)15-23(30(3,27)28)14-19(25)24(21)17-10-12-18(29-2)13-11-17/h10-13,16H,4-9,14-15H2,1-3H3,(H,22,26)/t21-/m0/s1. The number of methoxy groups -OCH3 is 1. The van der Waals surface area contributed by atoms with E-state index in [9.17, 15) is 18.0 Å². The van der Waals surface area contributed by atoms with E-state index in [-0.39, 0.29) is 25.0 Å². The molecule has 166 valence electrons. The van der Waals surface area contributed by atoms with Gasteiger partial charge in [0, 0.05) is 18.3 Å². The molecule has 0 spiro atoms. The van der Waals surface area contributed by atoms with Gasteiger partial charge in [0.2, 0.25) is 21.8 Å². The molecule has 1 saturated carbocycles. The Morgan fingerprint density at radius 2 is 1.73 bits per heavy atom. The lowest BCUT2D eigenvalue weighted by Gasteiger charge is -2.47. The predicted octanol–water partition coefficient (Wildman–Crippen LogP) is 1.90. The zero-order chi connectivity index (χ0) is 21.9. The lowest BCUT2D eigenvalue weighted by atomic mass is 9.93. The van der Waals surface area contributed by atoms with Crippen molar-refractivity contribution in [3.8, 4) is 5.75 Å². The van der Waals surface area contributed by atoms with Crippen molar-refractivity contribution in [2.75, 3.05) is 31.4 Å². The number of anilines is 1. The number of nitrogens with one attached hydrogen (secondary N) is 1. The molecule has 1 aromatic carbocycles. The second-order valence-electron chi connectivity index (χ2n) is 8.39. The first kappa shape index (κ1) is 22.6. The minimum atomic E-state index is -3.63. The zero-order valence-corrected chi connectivity index (χ0v) is 18.7. The van der Waals surface area contributed by atoms with Crippen molar-refractivity contribution < 1.29 is 22.7 Å². The van der Waals surface area contributed by atoms with Crippen molar-refractivity contribution in [1.29, 1.82) is 0 Å². The lowest BCUT2D eigenvalue weighted by Crippen LogP contribution is -2.70. The molecule has 2 amide bonds. The molecule has 1 N–H and O–H groups in total. The highest BCUT2D eigenvalue weighted by Crippen LogP contribution is 2.32. The fourth-order valence-electron chi connectivity index (χ4n) is 4.30. The fraction of sp³-hybridized carbons (Fsp3) is 0.619. The van der Waals surface area contributed by atoms with Gasteiger partial charge in [-0.05, 0) is 44.0 Å². The first-order valence-electron chi connectivity index (χ1n) is 10.4. The topological polar surface area (TPSA) is 96.0 Å². The molecule has 1 aromatic rings. The second-order valence-corrected chi connectivity index (χ2v) is 10.4. The summed E-state index contributed by atoms with van der Waals surface area (Å²) in [6, 6.07) is 6.90. The van der Waals surface area contributed by atoms with Gasteiger partial charge in [0.1, 0.15) is 11.3 Å². The maximum absolute atomic E-state index is 13.5. The van der Waals surface area contributed by atoms with Crippen molar-refractivity contribution in [2.24, 2.45) is 0 Å². The van der Waals surface area contributed by atoms with Gasteiger partial charge in [0.15, 0.2) is 0 Å². The van der Waals surface area contributed by atoms with Gasteiger partial charge in [-0.1, -0.05) is 25.7 Å². The summed E-state index contributed by atoms with van der Waals surface area (Å²) in [5.74, 6) is -0.132. The van der Waals surface area contributed by atoms with Crippen molar-refractivity contribution in [3.63, 3.8) is 0 Å². The highest BCUT2D eigenvalue weighted by Gasteiger charge is 2.50. The van der Waals surface area contributed by atoms with Crippen LogP contribution in [0.5, 0.6) is 5.75 Å². The van der Waals surface area contributed by atoms with Crippen LogP contribution in [0.2, 0.25) is 0 Å². The van der Waals surface area contributed by atoms with Crippen LogP contribution < -0.4 is 15.0 Å². The third-order valence-corrected chi connectivity index (χ3v) is 7.21. The summed E-state index contributed by atoms with van der Waals surface area (Å²) in [6.07, 6.45) is 7.27. The number of piperazine rings is 1. The minimum absolute atomic E-state index is 0.0401.